The summed E-state index contributed by atoms with van der Waals surface area (Å²) in [6.07, 6.45) is 18.6. The number of ether oxygens (including phenoxy) is 2. The van der Waals surface area contributed by atoms with Crippen LogP contribution in [0.15, 0.2) is 140 Å². The first-order valence-corrected chi connectivity index (χ1v) is 19.6. The molecular formula is C50H43NO2. The number of fused-ring (bicyclic) bond motifs is 11. The number of para-hydroxylation sites is 2. The molecule has 0 N–H and O–H groups in total. The quantitative estimate of drug-likeness (QED) is 0.173. The lowest BCUT2D eigenvalue weighted by Gasteiger charge is -2.53. The van der Waals surface area contributed by atoms with Gasteiger partial charge in [0.05, 0.1) is 11.5 Å². The van der Waals surface area contributed by atoms with Gasteiger partial charge >= 0.3 is 0 Å². The minimum absolute atomic E-state index is 0.0243. The average Bonchev–Trinajstić information content (AvgIpc) is 3.54. The molecule has 1 spiro atoms. The normalized spacial score (nSPS) is 25.0. The number of hydrogen-bond acceptors (Lipinski definition) is 2. The molecule has 0 bridgehead atoms. The van der Waals surface area contributed by atoms with Crippen molar-refractivity contribution in [2.45, 2.75) is 63.0 Å². The summed E-state index contributed by atoms with van der Waals surface area (Å²) < 4.78 is 16.6. The monoisotopic (exact) mass is 689 g/mol. The van der Waals surface area contributed by atoms with Crippen LogP contribution < -0.4 is 9.47 Å². The van der Waals surface area contributed by atoms with Gasteiger partial charge in [0.25, 0.3) is 0 Å². The highest BCUT2D eigenvalue weighted by Crippen LogP contribution is 2.64. The van der Waals surface area contributed by atoms with Crippen molar-refractivity contribution in [2.75, 3.05) is 0 Å². The first-order valence-electron chi connectivity index (χ1n) is 19.6. The zero-order valence-electron chi connectivity index (χ0n) is 30.2. The standard InChI is InChI=1S/C50H43NO2/c1-32-14-5-9-21-42(32)51-43-22-10-6-17-37(43)38-30-34(27-29-44(38)51)35-26-28-41-48(31-35)53-46-24-12-8-20-40(46)50(41)39-19-7-11-23-45(39)52-47-25-13-18-36(49(47)50)33-15-3-2-4-16-33/h2-4,6-9,11-12,15-21,23-24,26-32,42,47,49H,5,10,13-14,22,25H2,1H3/t32-,42?,47?,49?,50?/m1/s1. The maximum absolute atomic E-state index is 6.99. The van der Waals surface area contributed by atoms with Gasteiger partial charge in [-0.1, -0.05) is 122 Å². The Bertz CT molecular complexity index is 2520. The second-order valence-corrected chi connectivity index (χ2v) is 15.7. The fraction of sp³-hybridized carbons (Fsp3) is 0.240. The molecule has 4 unspecified atom stereocenters. The van der Waals surface area contributed by atoms with Crippen LogP contribution in [0.4, 0.5) is 0 Å². The molecule has 5 aliphatic rings. The highest BCUT2D eigenvalue weighted by molar-refractivity contribution is 5.95. The van der Waals surface area contributed by atoms with E-state index in [9.17, 15) is 0 Å². The molecule has 5 atom stereocenters. The van der Waals surface area contributed by atoms with E-state index in [0.717, 1.165) is 42.9 Å². The molecule has 3 heteroatoms. The third-order valence-corrected chi connectivity index (χ3v) is 12.9. The maximum atomic E-state index is 6.99. The topological polar surface area (TPSA) is 23.4 Å². The third-order valence-electron chi connectivity index (χ3n) is 12.9. The van der Waals surface area contributed by atoms with E-state index in [2.05, 4.69) is 157 Å². The van der Waals surface area contributed by atoms with Crippen LogP contribution in [0.25, 0.3) is 33.7 Å². The lowest BCUT2D eigenvalue weighted by Crippen LogP contribution is -2.52. The summed E-state index contributed by atoms with van der Waals surface area (Å²) in [5.41, 5.74) is 12.4. The lowest BCUT2D eigenvalue weighted by atomic mass is 9.54. The zero-order chi connectivity index (χ0) is 35.1. The number of rotatable bonds is 3. The minimum atomic E-state index is -0.500. The van der Waals surface area contributed by atoms with Crippen LogP contribution >= 0.6 is 0 Å². The summed E-state index contributed by atoms with van der Waals surface area (Å²) in [4.78, 5) is 0. The predicted molar refractivity (Wildman–Crippen MR) is 216 cm³/mol. The minimum Gasteiger partial charge on any atom is -0.489 e. The van der Waals surface area contributed by atoms with Gasteiger partial charge in [0, 0.05) is 44.8 Å². The Labute approximate surface area is 311 Å². The van der Waals surface area contributed by atoms with Gasteiger partial charge in [-0.3, -0.25) is 0 Å². The molecule has 0 radical (unpaired) electrons. The van der Waals surface area contributed by atoms with E-state index in [1.165, 1.54) is 74.0 Å². The summed E-state index contributed by atoms with van der Waals surface area (Å²) in [6, 6.07) is 43.0. The molecule has 0 saturated carbocycles. The Morgan fingerprint density at radius 3 is 2.28 bits per heavy atom. The molecule has 0 amide bonds. The van der Waals surface area contributed by atoms with Crippen molar-refractivity contribution in [3.05, 3.63) is 173 Å². The smallest absolute Gasteiger partial charge is 0.132 e. The van der Waals surface area contributed by atoms with E-state index in [4.69, 9.17) is 9.47 Å². The van der Waals surface area contributed by atoms with E-state index < -0.39 is 5.41 Å². The molecule has 3 heterocycles. The lowest BCUT2D eigenvalue weighted by molar-refractivity contribution is 0.0927. The molecule has 2 aliphatic heterocycles. The van der Waals surface area contributed by atoms with Gasteiger partial charge in [-0.2, -0.15) is 0 Å². The molecule has 0 fully saturated rings. The Morgan fingerprint density at radius 2 is 1.42 bits per heavy atom. The summed E-state index contributed by atoms with van der Waals surface area (Å²) >= 11 is 0. The van der Waals surface area contributed by atoms with Crippen molar-refractivity contribution in [2.24, 2.45) is 11.8 Å². The Morgan fingerprint density at radius 1 is 0.660 bits per heavy atom. The van der Waals surface area contributed by atoms with Crippen LogP contribution in [0.1, 0.15) is 78.6 Å². The molecule has 5 aromatic carbocycles. The molecule has 3 nitrogen and oxygen atoms in total. The highest BCUT2D eigenvalue weighted by atomic mass is 16.5. The second kappa shape index (κ2) is 12.0. The first-order chi connectivity index (χ1) is 26.2. The molecule has 6 aromatic rings. The Hall–Kier alpha value is -5.54. The number of allylic oxidation sites excluding steroid dienone is 4. The third kappa shape index (κ3) is 4.53. The SMILES string of the molecule is C[C@@H]1CCC=CC1n1c2c(c3cc(-c4ccc5c(c4)Oc4ccccc4C54c5ccccc5OC5CCC=C(c6ccccc6)C54)ccc31)C=CCC2. The number of aromatic nitrogens is 1. The zero-order valence-corrected chi connectivity index (χ0v) is 30.2. The number of hydrogen-bond donors (Lipinski definition) is 0. The first kappa shape index (κ1) is 31.0. The van der Waals surface area contributed by atoms with Crippen LogP contribution in [0.2, 0.25) is 0 Å². The molecule has 260 valence electrons. The van der Waals surface area contributed by atoms with Crippen LogP contribution in [0.3, 0.4) is 0 Å². The van der Waals surface area contributed by atoms with Crippen molar-refractivity contribution >= 4 is 22.6 Å². The van der Waals surface area contributed by atoms with Gasteiger partial charge in [0.2, 0.25) is 0 Å². The van der Waals surface area contributed by atoms with Gasteiger partial charge in [-0.05, 0) is 97.0 Å². The van der Waals surface area contributed by atoms with Crippen LogP contribution in [0, 0.1) is 11.8 Å². The van der Waals surface area contributed by atoms with E-state index in [0.29, 0.717) is 12.0 Å². The van der Waals surface area contributed by atoms with Crippen molar-refractivity contribution in [1.82, 2.24) is 4.57 Å². The average molecular weight is 690 g/mol. The molecule has 3 aliphatic carbocycles. The van der Waals surface area contributed by atoms with Crippen molar-refractivity contribution in [1.29, 1.82) is 0 Å². The Balaban J connectivity index is 1.12. The van der Waals surface area contributed by atoms with E-state index >= 15 is 0 Å². The maximum Gasteiger partial charge on any atom is 0.132 e. The fourth-order valence-electron chi connectivity index (χ4n) is 10.6. The largest absolute Gasteiger partial charge is 0.489 e. The molecule has 1 aromatic heterocycles. The fourth-order valence-corrected chi connectivity index (χ4v) is 10.6. The highest BCUT2D eigenvalue weighted by Gasteiger charge is 2.58. The van der Waals surface area contributed by atoms with Crippen molar-refractivity contribution < 1.29 is 9.47 Å². The van der Waals surface area contributed by atoms with E-state index in [-0.39, 0.29) is 12.0 Å². The molecule has 11 rings (SSSR count). The summed E-state index contributed by atoms with van der Waals surface area (Å²) in [7, 11) is 0. The van der Waals surface area contributed by atoms with Gasteiger partial charge in [0.1, 0.15) is 23.4 Å². The molecular weight excluding hydrogens is 647 g/mol. The van der Waals surface area contributed by atoms with E-state index in [1.54, 1.807) is 0 Å². The van der Waals surface area contributed by atoms with Gasteiger partial charge < -0.3 is 14.0 Å². The van der Waals surface area contributed by atoms with Crippen molar-refractivity contribution in [3.8, 4) is 28.4 Å². The number of benzene rings is 5. The number of nitrogens with zero attached hydrogens (tertiary/aromatic N) is 1. The van der Waals surface area contributed by atoms with Crippen LogP contribution in [0.5, 0.6) is 17.2 Å². The summed E-state index contributed by atoms with van der Waals surface area (Å²) in [6.45, 7) is 2.42. The van der Waals surface area contributed by atoms with Gasteiger partial charge in [-0.15, -0.1) is 0 Å². The summed E-state index contributed by atoms with van der Waals surface area (Å²) in [5.74, 6) is 3.51. The predicted octanol–water partition coefficient (Wildman–Crippen LogP) is 12.5. The summed E-state index contributed by atoms with van der Waals surface area (Å²) in [5, 5.41) is 1.35. The van der Waals surface area contributed by atoms with Crippen molar-refractivity contribution in [3.63, 3.8) is 0 Å². The van der Waals surface area contributed by atoms with Crippen LogP contribution in [-0.2, 0) is 11.8 Å². The van der Waals surface area contributed by atoms with Gasteiger partial charge in [-0.25, -0.2) is 0 Å². The molecule has 0 saturated heterocycles. The Kier molecular flexibility index (Phi) is 7.02. The van der Waals surface area contributed by atoms with E-state index in [1.807, 2.05) is 0 Å². The second-order valence-electron chi connectivity index (χ2n) is 15.7. The molecule has 53 heavy (non-hydrogen) atoms. The van der Waals surface area contributed by atoms with Crippen LogP contribution in [-0.4, -0.2) is 10.7 Å². The van der Waals surface area contributed by atoms with Gasteiger partial charge in [0.15, 0.2) is 0 Å².